The summed E-state index contributed by atoms with van der Waals surface area (Å²) in [6.07, 6.45) is 2.01. The maximum absolute atomic E-state index is 11.9. The van der Waals surface area contributed by atoms with Crippen LogP contribution in [0.2, 0.25) is 10.0 Å². The molecular formula is C13H18Cl2N3O+. The maximum atomic E-state index is 11.9. The van der Waals surface area contributed by atoms with Crippen molar-refractivity contribution in [2.75, 3.05) is 25.5 Å². The van der Waals surface area contributed by atoms with Crippen LogP contribution in [-0.2, 0) is 0 Å². The van der Waals surface area contributed by atoms with Crippen LogP contribution in [0.25, 0.3) is 0 Å². The van der Waals surface area contributed by atoms with Crippen LogP contribution in [0.5, 0.6) is 0 Å². The fourth-order valence-electron chi connectivity index (χ4n) is 2.20. The van der Waals surface area contributed by atoms with Gasteiger partial charge in [0.2, 0.25) is 0 Å². The van der Waals surface area contributed by atoms with Crippen molar-refractivity contribution in [1.82, 2.24) is 5.32 Å². The Kier molecular flexibility index (Phi) is 4.91. The summed E-state index contributed by atoms with van der Waals surface area (Å²) in [4.78, 5) is 13.4. The van der Waals surface area contributed by atoms with Crippen LogP contribution in [0, 0.1) is 0 Å². The molecule has 1 aliphatic rings. The van der Waals surface area contributed by atoms with Gasteiger partial charge < -0.3 is 15.5 Å². The third-order valence-electron chi connectivity index (χ3n) is 3.37. The number of urea groups is 1. The summed E-state index contributed by atoms with van der Waals surface area (Å²) in [6.45, 7) is 2.17. The molecule has 2 rings (SSSR count). The second-order valence-corrected chi connectivity index (χ2v) is 5.72. The molecule has 1 aliphatic heterocycles. The topological polar surface area (TPSA) is 45.6 Å². The third kappa shape index (κ3) is 4.00. The van der Waals surface area contributed by atoms with Gasteiger partial charge >= 0.3 is 6.03 Å². The highest BCUT2D eigenvalue weighted by atomic mass is 35.5. The molecule has 1 heterocycles. The average Bonchev–Trinajstić information content (AvgIpc) is 2.38. The number of quaternary nitrogens is 1. The third-order valence-corrected chi connectivity index (χ3v) is 4.19. The minimum absolute atomic E-state index is 0.228. The SMILES string of the molecule is C[NH+]1CCC(NC(=O)Nc2cccc(Cl)c2Cl)CC1. The Balaban J connectivity index is 1.89. The number of hydrogen-bond donors (Lipinski definition) is 3. The lowest BCUT2D eigenvalue weighted by Gasteiger charge is -2.27. The molecule has 0 aromatic heterocycles. The molecule has 104 valence electrons. The highest BCUT2D eigenvalue weighted by Gasteiger charge is 2.21. The maximum Gasteiger partial charge on any atom is 0.319 e. The molecule has 6 heteroatoms. The molecule has 0 radical (unpaired) electrons. The average molecular weight is 303 g/mol. The zero-order chi connectivity index (χ0) is 13.8. The van der Waals surface area contributed by atoms with E-state index in [9.17, 15) is 4.79 Å². The number of rotatable bonds is 2. The van der Waals surface area contributed by atoms with Gasteiger partial charge in [0.25, 0.3) is 0 Å². The van der Waals surface area contributed by atoms with Gasteiger partial charge in [0.15, 0.2) is 0 Å². The van der Waals surface area contributed by atoms with Crippen molar-refractivity contribution in [1.29, 1.82) is 0 Å². The lowest BCUT2D eigenvalue weighted by molar-refractivity contribution is -0.884. The van der Waals surface area contributed by atoms with Gasteiger partial charge in [-0.3, -0.25) is 0 Å². The lowest BCUT2D eigenvalue weighted by Crippen LogP contribution is -3.10. The standard InChI is InChI=1S/C13H17Cl2N3O/c1-18-7-5-9(6-8-18)16-13(19)17-11-4-2-3-10(14)12(11)15/h2-4,9H,5-8H2,1H3,(H2,16,17,19)/p+1. The summed E-state index contributed by atoms with van der Waals surface area (Å²) in [7, 11) is 2.17. The zero-order valence-corrected chi connectivity index (χ0v) is 12.3. The number of likely N-dealkylation sites (tertiary alicyclic amines) is 1. The molecule has 0 atom stereocenters. The van der Waals surface area contributed by atoms with E-state index in [1.165, 1.54) is 4.90 Å². The first-order chi connectivity index (χ1) is 9.06. The molecule has 0 bridgehead atoms. The van der Waals surface area contributed by atoms with E-state index in [2.05, 4.69) is 17.7 Å². The number of nitrogens with one attached hydrogen (secondary N) is 3. The number of amides is 2. The summed E-state index contributed by atoms with van der Waals surface area (Å²) in [5.74, 6) is 0. The van der Waals surface area contributed by atoms with Crippen molar-refractivity contribution in [3.63, 3.8) is 0 Å². The van der Waals surface area contributed by atoms with E-state index < -0.39 is 0 Å². The minimum atomic E-state index is -0.228. The Morgan fingerprint density at radius 3 is 2.68 bits per heavy atom. The van der Waals surface area contributed by atoms with E-state index in [1.807, 2.05) is 0 Å². The first kappa shape index (κ1) is 14.4. The minimum Gasteiger partial charge on any atom is -0.337 e. The van der Waals surface area contributed by atoms with E-state index in [4.69, 9.17) is 23.2 Å². The molecule has 1 aromatic rings. The highest BCUT2D eigenvalue weighted by Crippen LogP contribution is 2.29. The largest absolute Gasteiger partial charge is 0.337 e. The first-order valence-electron chi connectivity index (χ1n) is 6.39. The Bertz CT molecular complexity index is 459. The summed E-state index contributed by atoms with van der Waals surface area (Å²) in [5, 5.41) is 6.51. The normalized spacial score (nSPS) is 22.9. The molecule has 0 unspecified atom stereocenters. The number of benzene rings is 1. The van der Waals surface area contributed by atoms with Crippen LogP contribution in [0.15, 0.2) is 18.2 Å². The molecule has 0 spiro atoms. The number of anilines is 1. The second-order valence-electron chi connectivity index (χ2n) is 4.93. The van der Waals surface area contributed by atoms with E-state index >= 15 is 0 Å². The van der Waals surface area contributed by atoms with E-state index in [0.717, 1.165) is 25.9 Å². The lowest BCUT2D eigenvalue weighted by atomic mass is 10.1. The molecule has 0 saturated carbocycles. The molecule has 4 nitrogen and oxygen atoms in total. The van der Waals surface area contributed by atoms with Crippen molar-refractivity contribution in [2.45, 2.75) is 18.9 Å². The fraction of sp³-hybridized carbons (Fsp3) is 0.462. The zero-order valence-electron chi connectivity index (χ0n) is 10.8. The molecule has 3 N–H and O–H groups in total. The fourth-order valence-corrected chi connectivity index (χ4v) is 2.55. The van der Waals surface area contributed by atoms with Gasteiger partial charge in [-0.25, -0.2) is 4.79 Å². The van der Waals surface area contributed by atoms with Crippen LogP contribution in [-0.4, -0.2) is 32.2 Å². The van der Waals surface area contributed by atoms with E-state index in [0.29, 0.717) is 15.7 Å². The molecule has 1 aromatic carbocycles. The summed E-state index contributed by atoms with van der Waals surface area (Å²) in [5.41, 5.74) is 0.533. The second kappa shape index (κ2) is 6.46. The molecule has 0 aliphatic carbocycles. The molecular weight excluding hydrogens is 285 g/mol. The Labute approximate surface area is 123 Å². The summed E-state index contributed by atoms with van der Waals surface area (Å²) >= 11 is 11.9. The van der Waals surface area contributed by atoms with Gasteiger partial charge in [0.1, 0.15) is 0 Å². The van der Waals surface area contributed by atoms with Crippen LogP contribution < -0.4 is 15.5 Å². The van der Waals surface area contributed by atoms with E-state index in [-0.39, 0.29) is 12.1 Å². The highest BCUT2D eigenvalue weighted by molar-refractivity contribution is 6.43. The van der Waals surface area contributed by atoms with Gasteiger partial charge in [0, 0.05) is 18.9 Å². The number of piperidine rings is 1. The van der Waals surface area contributed by atoms with Gasteiger partial charge in [-0.1, -0.05) is 29.3 Å². The summed E-state index contributed by atoms with van der Waals surface area (Å²) in [6, 6.07) is 5.18. The number of hydrogen-bond acceptors (Lipinski definition) is 1. The Hall–Kier alpha value is -0.970. The first-order valence-corrected chi connectivity index (χ1v) is 7.14. The number of carbonyl (C=O) groups is 1. The predicted octanol–water partition coefficient (Wildman–Crippen LogP) is 1.79. The van der Waals surface area contributed by atoms with Crippen molar-refractivity contribution in [2.24, 2.45) is 0 Å². The van der Waals surface area contributed by atoms with Crippen molar-refractivity contribution >= 4 is 34.9 Å². The quantitative estimate of drug-likeness (QED) is 0.766. The molecule has 1 saturated heterocycles. The van der Waals surface area contributed by atoms with Crippen molar-refractivity contribution in [3.05, 3.63) is 28.2 Å². The van der Waals surface area contributed by atoms with Crippen molar-refractivity contribution < 1.29 is 9.69 Å². The number of halogens is 2. The van der Waals surface area contributed by atoms with Gasteiger partial charge in [-0.15, -0.1) is 0 Å². The molecule has 2 amide bonds. The monoisotopic (exact) mass is 302 g/mol. The van der Waals surface area contributed by atoms with Crippen LogP contribution in [0.1, 0.15) is 12.8 Å². The molecule has 1 fully saturated rings. The van der Waals surface area contributed by atoms with E-state index in [1.54, 1.807) is 18.2 Å². The van der Waals surface area contributed by atoms with Gasteiger partial charge in [-0.2, -0.15) is 0 Å². The Morgan fingerprint density at radius 2 is 2.00 bits per heavy atom. The van der Waals surface area contributed by atoms with Crippen LogP contribution in [0.4, 0.5) is 10.5 Å². The summed E-state index contributed by atoms with van der Waals surface area (Å²) < 4.78 is 0. The predicted molar refractivity (Wildman–Crippen MR) is 78.3 cm³/mol. The van der Waals surface area contributed by atoms with Crippen molar-refractivity contribution in [3.8, 4) is 0 Å². The van der Waals surface area contributed by atoms with Crippen LogP contribution >= 0.6 is 23.2 Å². The Morgan fingerprint density at radius 1 is 1.32 bits per heavy atom. The van der Waals surface area contributed by atoms with Gasteiger partial charge in [0.05, 0.1) is 35.9 Å². The van der Waals surface area contributed by atoms with Crippen LogP contribution in [0.3, 0.4) is 0 Å². The molecule has 19 heavy (non-hydrogen) atoms. The van der Waals surface area contributed by atoms with Gasteiger partial charge in [-0.05, 0) is 12.1 Å². The number of carbonyl (C=O) groups excluding carboxylic acids is 1. The smallest absolute Gasteiger partial charge is 0.319 e.